The molecule has 1 aliphatic rings. The first-order chi connectivity index (χ1) is 13.0. The first-order valence-corrected chi connectivity index (χ1v) is 9.04. The van der Waals surface area contributed by atoms with Crippen LogP contribution in [0, 0.1) is 18.7 Å². The van der Waals surface area contributed by atoms with Crippen molar-refractivity contribution in [1.82, 2.24) is 15.5 Å². The van der Waals surface area contributed by atoms with Crippen LogP contribution in [0.4, 0.5) is 4.39 Å². The second kappa shape index (κ2) is 8.28. The Bertz CT molecular complexity index is 836. The summed E-state index contributed by atoms with van der Waals surface area (Å²) < 4.78 is 24.3. The van der Waals surface area contributed by atoms with E-state index in [2.05, 4.69) is 15.5 Å². The van der Waals surface area contributed by atoms with E-state index in [0.29, 0.717) is 18.8 Å². The highest BCUT2D eigenvalue weighted by atomic mass is 19.1. The number of esters is 1. The number of hydrogen-bond acceptors (Lipinski definition) is 6. The third-order valence-electron chi connectivity index (χ3n) is 4.75. The second-order valence-electron chi connectivity index (χ2n) is 6.60. The number of nitrogens with one attached hydrogen (secondary N) is 1. The molecule has 1 amide bonds. The monoisotopic (exact) mass is 375 g/mol. The summed E-state index contributed by atoms with van der Waals surface area (Å²) in [6.45, 7) is 3.72. The highest BCUT2D eigenvalue weighted by Gasteiger charge is 2.31. The van der Waals surface area contributed by atoms with Crippen molar-refractivity contribution in [2.75, 3.05) is 6.61 Å². The van der Waals surface area contributed by atoms with E-state index in [-0.39, 0.29) is 34.7 Å². The molecule has 0 aliphatic heterocycles. The lowest BCUT2D eigenvalue weighted by Gasteiger charge is -2.28. The van der Waals surface area contributed by atoms with E-state index in [1.807, 2.05) is 0 Å². The minimum atomic E-state index is -0.583. The predicted molar refractivity (Wildman–Crippen MR) is 94.3 cm³/mol. The molecule has 0 spiro atoms. The lowest BCUT2D eigenvalue weighted by Crippen LogP contribution is -2.40. The fraction of sp³-hybridized carbons (Fsp3) is 0.474. The molecule has 8 heteroatoms. The number of halogens is 1. The fourth-order valence-electron chi connectivity index (χ4n) is 3.44. The van der Waals surface area contributed by atoms with Gasteiger partial charge in [-0.2, -0.15) is 0 Å². The van der Waals surface area contributed by atoms with Crippen LogP contribution in [0.3, 0.4) is 0 Å². The fourth-order valence-corrected chi connectivity index (χ4v) is 3.44. The molecule has 0 bridgehead atoms. The van der Waals surface area contributed by atoms with Crippen molar-refractivity contribution >= 4 is 11.9 Å². The number of hydrogen-bond donors (Lipinski definition) is 1. The van der Waals surface area contributed by atoms with Crippen molar-refractivity contribution in [3.63, 3.8) is 0 Å². The van der Waals surface area contributed by atoms with Gasteiger partial charge in [-0.25, -0.2) is 4.39 Å². The van der Waals surface area contributed by atoms with Gasteiger partial charge >= 0.3 is 5.97 Å². The van der Waals surface area contributed by atoms with Crippen LogP contribution in [0.25, 0.3) is 11.3 Å². The second-order valence-corrected chi connectivity index (χ2v) is 6.60. The Kier molecular flexibility index (Phi) is 5.83. The summed E-state index contributed by atoms with van der Waals surface area (Å²) in [4.78, 5) is 28.5. The molecule has 0 radical (unpaired) electrons. The molecule has 2 unspecified atom stereocenters. The quantitative estimate of drug-likeness (QED) is 0.807. The zero-order valence-electron chi connectivity index (χ0n) is 15.3. The Morgan fingerprint density at radius 2 is 2.22 bits per heavy atom. The van der Waals surface area contributed by atoms with Crippen LogP contribution >= 0.6 is 0 Å². The van der Waals surface area contributed by atoms with Crippen molar-refractivity contribution in [2.24, 2.45) is 5.92 Å². The number of rotatable bonds is 5. The molecule has 1 fully saturated rings. The molecule has 1 aliphatic carbocycles. The first kappa shape index (κ1) is 19.0. The number of ether oxygens (including phenoxy) is 1. The summed E-state index contributed by atoms with van der Waals surface area (Å²) >= 11 is 0. The van der Waals surface area contributed by atoms with Crippen LogP contribution in [-0.2, 0) is 9.53 Å². The van der Waals surface area contributed by atoms with Gasteiger partial charge in [0, 0.05) is 17.8 Å². The topological polar surface area (TPSA) is 94.3 Å². The molecule has 0 saturated heterocycles. The van der Waals surface area contributed by atoms with E-state index in [0.717, 1.165) is 25.5 Å². The highest BCUT2D eigenvalue weighted by Crippen LogP contribution is 2.29. The van der Waals surface area contributed by atoms with Crippen LogP contribution in [0.5, 0.6) is 0 Å². The molecule has 2 aromatic heterocycles. The largest absolute Gasteiger partial charge is 0.466 e. The normalized spacial score (nSPS) is 19.5. The van der Waals surface area contributed by atoms with Crippen LogP contribution in [0.2, 0.25) is 0 Å². The summed E-state index contributed by atoms with van der Waals surface area (Å²) in [5, 5.41) is 6.78. The molecule has 2 atom stereocenters. The van der Waals surface area contributed by atoms with E-state index in [9.17, 15) is 14.0 Å². The van der Waals surface area contributed by atoms with Crippen molar-refractivity contribution in [3.05, 3.63) is 35.6 Å². The third-order valence-corrected chi connectivity index (χ3v) is 4.75. The molecule has 2 heterocycles. The first-order valence-electron chi connectivity index (χ1n) is 9.04. The summed E-state index contributed by atoms with van der Waals surface area (Å²) in [6, 6.07) is 1.28. The third kappa shape index (κ3) is 4.15. The Morgan fingerprint density at radius 3 is 2.96 bits per heavy atom. The van der Waals surface area contributed by atoms with E-state index in [1.54, 1.807) is 13.8 Å². The molecule has 3 rings (SSSR count). The Hall–Kier alpha value is -2.77. The van der Waals surface area contributed by atoms with Gasteiger partial charge in [-0.3, -0.25) is 14.6 Å². The van der Waals surface area contributed by atoms with Gasteiger partial charge in [-0.15, -0.1) is 0 Å². The average Bonchev–Trinajstić information content (AvgIpc) is 3.04. The van der Waals surface area contributed by atoms with Gasteiger partial charge in [0.1, 0.15) is 17.0 Å². The lowest BCUT2D eigenvalue weighted by molar-refractivity contribution is -0.149. The Labute approximate surface area is 156 Å². The van der Waals surface area contributed by atoms with Crippen molar-refractivity contribution in [2.45, 2.75) is 45.6 Å². The number of carbonyl (C=O) groups excluding carboxylic acids is 2. The van der Waals surface area contributed by atoms with Crippen LogP contribution in [-0.4, -0.2) is 34.7 Å². The molecule has 7 nitrogen and oxygen atoms in total. The number of amides is 1. The minimum absolute atomic E-state index is 0.141. The van der Waals surface area contributed by atoms with E-state index >= 15 is 0 Å². The van der Waals surface area contributed by atoms with Gasteiger partial charge < -0.3 is 14.6 Å². The maximum absolute atomic E-state index is 14.1. The standard InChI is InChI=1S/C19H22FN3O4/c1-3-26-19(25)12-5-4-6-13(9-12)22-18(24)16-11(2)27-23-17(16)14-7-8-21-10-15(14)20/h7-8,10,12-13H,3-6,9H2,1-2H3,(H,22,24). The Balaban J connectivity index is 1.76. The van der Waals surface area contributed by atoms with Gasteiger partial charge in [0.15, 0.2) is 5.82 Å². The highest BCUT2D eigenvalue weighted by molar-refractivity contribution is 6.01. The van der Waals surface area contributed by atoms with Crippen molar-refractivity contribution < 1.29 is 23.2 Å². The van der Waals surface area contributed by atoms with E-state index in [1.165, 1.54) is 12.3 Å². The SMILES string of the molecule is CCOC(=O)C1CCCC(NC(=O)c2c(-c3ccncc3F)noc2C)C1. The van der Waals surface area contributed by atoms with Gasteiger partial charge in [0.2, 0.25) is 0 Å². The number of carbonyl (C=O) groups is 2. The number of pyridine rings is 1. The molecule has 1 N–H and O–H groups in total. The van der Waals surface area contributed by atoms with Gasteiger partial charge in [-0.05, 0) is 39.2 Å². The molecule has 144 valence electrons. The predicted octanol–water partition coefficient (Wildman–Crippen LogP) is 3.04. The minimum Gasteiger partial charge on any atom is -0.466 e. The van der Waals surface area contributed by atoms with Gasteiger partial charge in [0.25, 0.3) is 5.91 Å². The molecular formula is C19H22FN3O4. The number of nitrogens with zero attached hydrogens (tertiary/aromatic N) is 2. The zero-order chi connectivity index (χ0) is 19.4. The Morgan fingerprint density at radius 1 is 1.41 bits per heavy atom. The van der Waals surface area contributed by atoms with Crippen molar-refractivity contribution in [3.8, 4) is 11.3 Å². The van der Waals surface area contributed by atoms with Crippen molar-refractivity contribution in [1.29, 1.82) is 0 Å². The van der Waals surface area contributed by atoms with Crippen LogP contribution in [0.1, 0.15) is 48.7 Å². The van der Waals surface area contributed by atoms with Crippen LogP contribution in [0.15, 0.2) is 23.0 Å². The summed E-state index contributed by atoms with van der Waals surface area (Å²) in [6.07, 6.45) is 5.36. The maximum atomic E-state index is 14.1. The van der Waals surface area contributed by atoms with Gasteiger partial charge in [0.05, 0.1) is 18.7 Å². The smallest absolute Gasteiger partial charge is 0.308 e. The number of aromatic nitrogens is 2. The molecule has 1 saturated carbocycles. The van der Waals surface area contributed by atoms with Gasteiger partial charge in [-0.1, -0.05) is 11.6 Å². The number of aryl methyl sites for hydroxylation is 1. The zero-order valence-corrected chi connectivity index (χ0v) is 15.3. The van der Waals surface area contributed by atoms with E-state index < -0.39 is 11.7 Å². The molecule has 2 aromatic rings. The maximum Gasteiger partial charge on any atom is 0.308 e. The summed E-state index contributed by atoms with van der Waals surface area (Å²) in [5.41, 5.74) is 0.487. The summed E-state index contributed by atoms with van der Waals surface area (Å²) in [7, 11) is 0. The molecular weight excluding hydrogens is 353 g/mol. The van der Waals surface area contributed by atoms with Crippen LogP contribution < -0.4 is 5.32 Å². The molecule has 0 aromatic carbocycles. The summed E-state index contributed by atoms with van der Waals surface area (Å²) in [5.74, 6) is -1.12. The molecule has 27 heavy (non-hydrogen) atoms. The lowest BCUT2D eigenvalue weighted by atomic mass is 9.85. The average molecular weight is 375 g/mol. The van der Waals surface area contributed by atoms with E-state index in [4.69, 9.17) is 9.26 Å².